The summed E-state index contributed by atoms with van der Waals surface area (Å²) in [6.07, 6.45) is 2.42. The number of thiophene rings is 1. The van der Waals surface area contributed by atoms with Gasteiger partial charge in [0.1, 0.15) is 0 Å². The molecule has 4 nitrogen and oxygen atoms in total. The van der Waals surface area contributed by atoms with Gasteiger partial charge < -0.3 is 4.90 Å². The van der Waals surface area contributed by atoms with Crippen LogP contribution in [0.3, 0.4) is 0 Å². The van der Waals surface area contributed by atoms with Crippen molar-refractivity contribution in [2.75, 3.05) is 25.1 Å². The van der Waals surface area contributed by atoms with Gasteiger partial charge in [0.2, 0.25) is 0 Å². The maximum absolute atomic E-state index is 12.7. The first-order valence-electron chi connectivity index (χ1n) is 7.69. The Bertz CT molecular complexity index is 815. The average Bonchev–Trinajstić information content (AvgIpc) is 3.06. The molecular formula is C17H19NO3S3. The lowest BCUT2D eigenvalue weighted by Crippen LogP contribution is -2.33. The lowest BCUT2D eigenvalue weighted by Gasteiger charge is -2.20. The van der Waals surface area contributed by atoms with E-state index in [-0.39, 0.29) is 18.2 Å². The molecule has 0 aliphatic carbocycles. The number of sulfone groups is 1. The molecule has 2 aromatic rings. The standard InChI is InChI=1S/C17H19NO3S3/c1-22-14-5-2-4-13(12-14)17(19)18-8-7-16(15-6-3-10-23-15)24(20,21)11-9-18/h2-6,10,12,16H,7-9,11H2,1H3/t16-/m0/s1. The van der Waals surface area contributed by atoms with Crippen molar-refractivity contribution in [1.29, 1.82) is 0 Å². The Labute approximate surface area is 150 Å². The second-order valence-electron chi connectivity index (χ2n) is 5.68. The summed E-state index contributed by atoms with van der Waals surface area (Å²) in [6, 6.07) is 11.2. The van der Waals surface area contributed by atoms with Gasteiger partial charge in [-0.25, -0.2) is 8.42 Å². The first-order chi connectivity index (χ1) is 11.5. The highest BCUT2D eigenvalue weighted by molar-refractivity contribution is 7.98. The van der Waals surface area contributed by atoms with Gasteiger partial charge in [-0.2, -0.15) is 0 Å². The van der Waals surface area contributed by atoms with Gasteiger partial charge in [-0.1, -0.05) is 12.1 Å². The van der Waals surface area contributed by atoms with Gasteiger partial charge in [-0.3, -0.25) is 4.79 Å². The summed E-state index contributed by atoms with van der Waals surface area (Å²) >= 11 is 3.05. The summed E-state index contributed by atoms with van der Waals surface area (Å²) in [5, 5.41) is 1.40. The number of thioether (sulfide) groups is 1. The van der Waals surface area contributed by atoms with Crippen molar-refractivity contribution in [3.63, 3.8) is 0 Å². The van der Waals surface area contributed by atoms with Crippen molar-refractivity contribution < 1.29 is 13.2 Å². The van der Waals surface area contributed by atoms with E-state index in [0.717, 1.165) is 9.77 Å². The Kier molecular flexibility index (Phi) is 5.32. The van der Waals surface area contributed by atoms with Gasteiger partial charge in [0, 0.05) is 28.4 Å². The zero-order valence-corrected chi connectivity index (χ0v) is 15.8. The number of nitrogens with zero attached hydrogens (tertiary/aromatic N) is 1. The van der Waals surface area contributed by atoms with Crippen LogP contribution in [0.5, 0.6) is 0 Å². The number of hydrogen-bond donors (Lipinski definition) is 0. The van der Waals surface area contributed by atoms with Gasteiger partial charge in [0.25, 0.3) is 5.91 Å². The summed E-state index contributed by atoms with van der Waals surface area (Å²) in [5.41, 5.74) is 0.619. The van der Waals surface area contributed by atoms with Crippen LogP contribution in [0.4, 0.5) is 0 Å². The Balaban J connectivity index is 1.80. The summed E-state index contributed by atoms with van der Waals surface area (Å²) in [5.74, 6) is -0.0725. The molecule has 1 aromatic carbocycles. The molecule has 1 saturated heterocycles. The Morgan fingerprint density at radius 1 is 1.25 bits per heavy atom. The summed E-state index contributed by atoms with van der Waals surface area (Å²) in [6.45, 7) is 0.719. The van der Waals surface area contributed by atoms with Crippen LogP contribution in [0, 0.1) is 0 Å². The summed E-state index contributed by atoms with van der Waals surface area (Å²) < 4.78 is 25.1. The molecule has 1 aromatic heterocycles. The van der Waals surface area contributed by atoms with Crippen LogP contribution >= 0.6 is 23.1 Å². The predicted octanol–water partition coefficient (Wildman–Crippen LogP) is 3.47. The van der Waals surface area contributed by atoms with Crippen LogP contribution < -0.4 is 0 Å². The van der Waals surface area contributed by atoms with Crippen LogP contribution in [0.1, 0.15) is 26.9 Å². The van der Waals surface area contributed by atoms with Crippen molar-refractivity contribution in [2.45, 2.75) is 16.6 Å². The fourth-order valence-corrected chi connectivity index (χ4v) is 6.34. The number of carbonyl (C=O) groups is 1. The molecule has 0 unspecified atom stereocenters. The van der Waals surface area contributed by atoms with E-state index < -0.39 is 15.1 Å². The molecule has 0 saturated carbocycles. The van der Waals surface area contributed by atoms with E-state index in [2.05, 4.69) is 0 Å². The Morgan fingerprint density at radius 3 is 2.79 bits per heavy atom. The quantitative estimate of drug-likeness (QED) is 0.764. The van der Waals surface area contributed by atoms with Gasteiger partial charge in [-0.05, 0) is 42.3 Å². The SMILES string of the molecule is CSc1cccc(C(=O)N2CC[C@@H](c3cccs3)S(=O)(=O)CC2)c1. The van der Waals surface area contributed by atoms with Crippen molar-refractivity contribution in [1.82, 2.24) is 4.90 Å². The maximum atomic E-state index is 12.7. The number of rotatable bonds is 3. The third kappa shape index (κ3) is 3.68. The van der Waals surface area contributed by atoms with Crippen LogP contribution in [-0.4, -0.2) is 44.3 Å². The van der Waals surface area contributed by atoms with E-state index >= 15 is 0 Å². The van der Waals surface area contributed by atoms with Crippen LogP contribution in [0.25, 0.3) is 0 Å². The normalized spacial score (nSPS) is 20.5. The van der Waals surface area contributed by atoms with E-state index in [1.54, 1.807) is 22.7 Å². The second-order valence-corrected chi connectivity index (χ2v) is 9.85. The lowest BCUT2D eigenvalue weighted by atomic mass is 10.2. The monoisotopic (exact) mass is 381 g/mol. The van der Waals surface area contributed by atoms with Crippen molar-refractivity contribution >= 4 is 38.8 Å². The van der Waals surface area contributed by atoms with Crippen LogP contribution in [0.15, 0.2) is 46.7 Å². The van der Waals surface area contributed by atoms with E-state index in [0.29, 0.717) is 18.5 Å². The first kappa shape index (κ1) is 17.5. The highest BCUT2D eigenvalue weighted by atomic mass is 32.2. The minimum Gasteiger partial charge on any atom is -0.338 e. The largest absolute Gasteiger partial charge is 0.338 e. The lowest BCUT2D eigenvalue weighted by molar-refractivity contribution is 0.0766. The smallest absolute Gasteiger partial charge is 0.253 e. The zero-order valence-electron chi connectivity index (χ0n) is 13.3. The molecule has 0 bridgehead atoms. The van der Waals surface area contributed by atoms with E-state index in [1.807, 2.05) is 42.0 Å². The molecule has 24 heavy (non-hydrogen) atoms. The van der Waals surface area contributed by atoms with Crippen molar-refractivity contribution in [3.05, 3.63) is 52.2 Å². The number of benzene rings is 1. The molecule has 0 radical (unpaired) electrons. The molecule has 1 aliphatic rings. The fourth-order valence-electron chi connectivity index (χ4n) is 2.88. The van der Waals surface area contributed by atoms with Gasteiger partial charge in [0.15, 0.2) is 9.84 Å². The zero-order chi connectivity index (χ0) is 17.2. The molecule has 3 rings (SSSR count). The third-order valence-corrected chi connectivity index (χ3v) is 8.17. The van der Waals surface area contributed by atoms with Crippen LogP contribution in [0.2, 0.25) is 0 Å². The minimum absolute atomic E-state index is 0.0174. The van der Waals surface area contributed by atoms with Crippen molar-refractivity contribution in [3.8, 4) is 0 Å². The van der Waals surface area contributed by atoms with E-state index in [1.165, 1.54) is 11.3 Å². The van der Waals surface area contributed by atoms with Crippen molar-refractivity contribution in [2.24, 2.45) is 0 Å². The van der Waals surface area contributed by atoms with E-state index in [4.69, 9.17) is 0 Å². The molecule has 1 atom stereocenters. The molecule has 0 N–H and O–H groups in total. The van der Waals surface area contributed by atoms with E-state index in [9.17, 15) is 13.2 Å². The van der Waals surface area contributed by atoms with Crippen LogP contribution in [-0.2, 0) is 9.84 Å². The first-order valence-corrected chi connectivity index (χ1v) is 11.5. The fraction of sp³-hybridized carbons (Fsp3) is 0.353. The molecule has 2 heterocycles. The number of carbonyl (C=O) groups excluding carboxylic acids is 1. The highest BCUT2D eigenvalue weighted by Gasteiger charge is 2.33. The van der Waals surface area contributed by atoms with Gasteiger partial charge in [-0.15, -0.1) is 23.1 Å². The summed E-state index contributed by atoms with van der Waals surface area (Å²) in [7, 11) is -3.23. The topological polar surface area (TPSA) is 54.5 Å². The molecular weight excluding hydrogens is 362 g/mol. The van der Waals surface area contributed by atoms with Gasteiger partial charge in [0.05, 0.1) is 11.0 Å². The number of hydrogen-bond acceptors (Lipinski definition) is 5. The molecule has 128 valence electrons. The minimum atomic E-state index is -3.23. The Morgan fingerprint density at radius 2 is 2.08 bits per heavy atom. The Hall–Kier alpha value is -1.31. The molecule has 7 heteroatoms. The molecule has 1 fully saturated rings. The maximum Gasteiger partial charge on any atom is 0.253 e. The molecule has 1 aliphatic heterocycles. The van der Waals surface area contributed by atoms with Gasteiger partial charge >= 0.3 is 0 Å². The predicted molar refractivity (Wildman–Crippen MR) is 99.6 cm³/mol. The number of amides is 1. The average molecular weight is 382 g/mol. The summed E-state index contributed by atoms with van der Waals surface area (Å²) in [4.78, 5) is 16.3. The molecule has 1 amide bonds. The molecule has 0 spiro atoms. The second kappa shape index (κ2) is 7.29. The highest BCUT2D eigenvalue weighted by Crippen LogP contribution is 2.32. The third-order valence-electron chi connectivity index (χ3n) is 4.20.